The summed E-state index contributed by atoms with van der Waals surface area (Å²) in [6.45, 7) is -0.423. The Kier molecular flexibility index (Phi) is 4.66. The van der Waals surface area contributed by atoms with Crippen LogP contribution in [-0.2, 0) is 13.6 Å². The molecule has 0 bridgehead atoms. The lowest BCUT2D eigenvalue weighted by Gasteiger charge is -2.08. The largest absolute Gasteiger partial charge is 0.377 e. The molecule has 2 heterocycles. The molecule has 18 heavy (non-hydrogen) atoms. The lowest BCUT2D eigenvalue weighted by molar-refractivity contribution is 0.0537. The predicted molar refractivity (Wildman–Crippen MR) is 66.0 cm³/mol. The van der Waals surface area contributed by atoms with Gasteiger partial charge in [0, 0.05) is 13.2 Å². The van der Waals surface area contributed by atoms with Gasteiger partial charge in [0.05, 0.1) is 29.8 Å². The Balaban J connectivity index is 0.00000162. The van der Waals surface area contributed by atoms with Gasteiger partial charge in [-0.25, -0.2) is 4.68 Å². The molecule has 0 unspecified atom stereocenters. The molecule has 0 amide bonds. The van der Waals surface area contributed by atoms with Gasteiger partial charge in [0.2, 0.25) is 0 Å². The minimum absolute atomic E-state index is 0. The molecule has 0 saturated carbocycles. The van der Waals surface area contributed by atoms with E-state index < -0.39 is 6.55 Å². The van der Waals surface area contributed by atoms with Crippen LogP contribution < -0.4 is 5.32 Å². The Morgan fingerprint density at radius 2 is 2.11 bits per heavy atom. The fraction of sp³-hybridized carbons (Fsp3) is 0.400. The van der Waals surface area contributed by atoms with Gasteiger partial charge in [-0.15, -0.1) is 12.4 Å². The standard InChI is InChI=1S/C10H13F2N5.ClH/c1-7-9(6-15-16(7)2)13-5-8-3-4-14-17(8)10(11)12;/h3-4,6,10,13H,5H2,1-2H3;1H. The van der Waals surface area contributed by atoms with Crippen LogP contribution in [0.4, 0.5) is 14.5 Å². The van der Waals surface area contributed by atoms with E-state index in [0.29, 0.717) is 10.4 Å². The maximum atomic E-state index is 12.5. The Bertz CT molecular complexity index is 508. The zero-order chi connectivity index (χ0) is 12.4. The maximum Gasteiger partial charge on any atom is 0.333 e. The van der Waals surface area contributed by atoms with Crippen LogP contribution in [0.15, 0.2) is 18.5 Å². The fourth-order valence-electron chi connectivity index (χ4n) is 1.52. The summed E-state index contributed by atoms with van der Waals surface area (Å²) in [5, 5.41) is 10.7. The van der Waals surface area contributed by atoms with E-state index in [1.165, 1.54) is 6.20 Å². The smallest absolute Gasteiger partial charge is 0.333 e. The monoisotopic (exact) mass is 277 g/mol. The molecule has 2 aromatic rings. The molecule has 0 atom stereocenters. The molecule has 0 spiro atoms. The summed E-state index contributed by atoms with van der Waals surface area (Å²) in [5.74, 6) is 0. The number of aryl methyl sites for hydroxylation is 1. The first-order valence-corrected chi connectivity index (χ1v) is 5.12. The number of nitrogens with one attached hydrogen (secondary N) is 1. The lowest BCUT2D eigenvalue weighted by Crippen LogP contribution is -2.10. The van der Waals surface area contributed by atoms with Crippen molar-refractivity contribution in [1.29, 1.82) is 0 Å². The Morgan fingerprint density at radius 1 is 1.39 bits per heavy atom. The van der Waals surface area contributed by atoms with Crippen molar-refractivity contribution in [2.24, 2.45) is 7.05 Å². The van der Waals surface area contributed by atoms with Gasteiger partial charge >= 0.3 is 6.55 Å². The van der Waals surface area contributed by atoms with Crippen molar-refractivity contribution >= 4 is 18.1 Å². The van der Waals surface area contributed by atoms with E-state index >= 15 is 0 Å². The second kappa shape index (κ2) is 5.81. The summed E-state index contributed by atoms with van der Waals surface area (Å²) < 4.78 is 27.5. The molecule has 0 aliphatic heterocycles. The summed E-state index contributed by atoms with van der Waals surface area (Å²) >= 11 is 0. The van der Waals surface area contributed by atoms with E-state index in [0.717, 1.165) is 11.4 Å². The molecule has 0 aromatic carbocycles. The van der Waals surface area contributed by atoms with Crippen molar-refractivity contribution in [3.05, 3.63) is 29.8 Å². The molecule has 0 aliphatic carbocycles. The average Bonchev–Trinajstić information content (AvgIpc) is 2.86. The Hall–Kier alpha value is -1.63. The Morgan fingerprint density at radius 3 is 2.67 bits per heavy atom. The summed E-state index contributed by atoms with van der Waals surface area (Å²) in [6, 6.07) is 1.56. The number of nitrogens with zero attached hydrogens (tertiary/aromatic N) is 4. The SMILES string of the molecule is Cc1c(NCc2ccnn2C(F)F)cnn1C.Cl. The van der Waals surface area contributed by atoms with Crippen molar-refractivity contribution in [3.8, 4) is 0 Å². The Labute approximate surface area is 109 Å². The number of rotatable bonds is 4. The fourth-order valence-corrected chi connectivity index (χ4v) is 1.52. The number of alkyl halides is 2. The van der Waals surface area contributed by atoms with Gasteiger partial charge in [0.25, 0.3) is 0 Å². The van der Waals surface area contributed by atoms with Crippen molar-refractivity contribution < 1.29 is 8.78 Å². The third-order valence-electron chi connectivity index (χ3n) is 2.63. The van der Waals surface area contributed by atoms with Crippen LogP contribution in [0.1, 0.15) is 17.9 Å². The van der Waals surface area contributed by atoms with Crippen molar-refractivity contribution in [1.82, 2.24) is 19.6 Å². The summed E-state index contributed by atoms with van der Waals surface area (Å²) in [6.07, 6.45) is 3.03. The molecule has 2 rings (SSSR count). The molecule has 1 N–H and O–H groups in total. The number of halogens is 3. The van der Waals surface area contributed by atoms with Gasteiger partial charge in [-0.3, -0.25) is 4.68 Å². The average molecular weight is 278 g/mol. The zero-order valence-corrected chi connectivity index (χ0v) is 10.8. The highest BCUT2D eigenvalue weighted by Gasteiger charge is 2.11. The highest BCUT2D eigenvalue weighted by Crippen LogP contribution is 2.16. The van der Waals surface area contributed by atoms with Gasteiger partial charge in [0.1, 0.15) is 0 Å². The maximum absolute atomic E-state index is 12.5. The van der Waals surface area contributed by atoms with Gasteiger partial charge in [0.15, 0.2) is 0 Å². The summed E-state index contributed by atoms with van der Waals surface area (Å²) in [5.41, 5.74) is 2.21. The minimum atomic E-state index is -2.61. The van der Waals surface area contributed by atoms with Crippen molar-refractivity contribution in [3.63, 3.8) is 0 Å². The molecular formula is C10H14ClF2N5. The molecule has 8 heteroatoms. The number of hydrogen-bond donors (Lipinski definition) is 1. The van der Waals surface area contributed by atoms with Crippen LogP contribution in [0.3, 0.4) is 0 Å². The van der Waals surface area contributed by atoms with Crippen LogP contribution in [0, 0.1) is 6.92 Å². The number of anilines is 1. The quantitative estimate of drug-likeness (QED) is 0.933. The van der Waals surface area contributed by atoms with Crippen LogP contribution in [0.2, 0.25) is 0 Å². The molecule has 5 nitrogen and oxygen atoms in total. The second-order valence-electron chi connectivity index (χ2n) is 3.67. The first-order chi connectivity index (χ1) is 8.09. The van der Waals surface area contributed by atoms with Crippen LogP contribution in [-0.4, -0.2) is 19.6 Å². The molecule has 100 valence electrons. The highest BCUT2D eigenvalue weighted by molar-refractivity contribution is 5.85. The summed E-state index contributed by atoms with van der Waals surface area (Å²) in [4.78, 5) is 0. The van der Waals surface area contributed by atoms with E-state index in [-0.39, 0.29) is 19.0 Å². The van der Waals surface area contributed by atoms with E-state index in [1.54, 1.807) is 16.9 Å². The van der Waals surface area contributed by atoms with Gasteiger partial charge in [-0.2, -0.15) is 19.0 Å². The second-order valence-corrected chi connectivity index (χ2v) is 3.67. The molecule has 0 fully saturated rings. The van der Waals surface area contributed by atoms with E-state index in [9.17, 15) is 8.78 Å². The predicted octanol–water partition coefficient (Wildman–Crippen LogP) is 2.35. The first kappa shape index (κ1) is 14.4. The van der Waals surface area contributed by atoms with Gasteiger partial charge < -0.3 is 5.32 Å². The minimum Gasteiger partial charge on any atom is -0.377 e. The molecule has 0 radical (unpaired) electrons. The molecule has 0 aliphatic rings. The molecule has 2 aromatic heterocycles. The van der Waals surface area contributed by atoms with Gasteiger partial charge in [-0.1, -0.05) is 0 Å². The van der Waals surface area contributed by atoms with E-state index in [2.05, 4.69) is 15.5 Å². The van der Waals surface area contributed by atoms with Crippen molar-refractivity contribution in [2.75, 3.05) is 5.32 Å². The first-order valence-electron chi connectivity index (χ1n) is 5.12. The normalized spacial score (nSPS) is 10.5. The molecule has 0 saturated heterocycles. The number of hydrogen-bond acceptors (Lipinski definition) is 3. The number of aromatic nitrogens is 4. The van der Waals surface area contributed by atoms with E-state index in [4.69, 9.17) is 0 Å². The topological polar surface area (TPSA) is 47.7 Å². The van der Waals surface area contributed by atoms with Crippen molar-refractivity contribution in [2.45, 2.75) is 20.0 Å². The third kappa shape index (κ3) is 2.79. The van der Waals surface area contributed by atoms with Crippen LogP contribution in [0.25, 0.3) is 0 Å². The van der Waals surface area contributed by atoms with Gasteiger partial charge in [-0.05, 0) is 13.0 Å². The van der Waals surface area contributed by atoms with E-state index in [1.807, 2.05) is 14.0 Å². The summed E-state index contributed by atoms with van der Waals surface area (Å²) in [7, 11) is 1.82. The third-order valence-corrected chi connectivity index (χ3v) is 2.63. The van der Waals surface area contributed by atoms with Crippen LogP contribution >= 0.6 is 12.4 Å². The lowest BCUT2D eigenvalue weighted by atomic mass is 10.3. The van der Waals surface area contributed by atoms with Crippen LogP contribution in [0.5, 0.6) is 0 Å². The molecular weight excluding hydrogens is 264 g/mol. The zero-order valence-electron chi connectivity index (χ0n) is 9.97. The highest BCUT2D eigenvalue weighted by atomic mass is 35.5.